The smallest absolute Gasteiger partial charge is 0.119 e. The van der Waals surface area contributed by atoms with Crippen LogP contribution in [0.15, 0.2) is 36.4 Å². The van der Waals surface area contributed by atoms with Gasteiger partial charge in [-0.05, 0) is 70.5 Å². The molecule has 1 aromatic rings. The summed E-state index contributed by atoms with van der Waals surface area (Å²) in [7, 11) is -0.270. The summed E-state index contributed by atoms with van der Waals surface area (Å²) in [5.74, 6) is 7.45. The molecule has 0 saturated heterocycles. The van der Waals surface area contributed by atoms with Gasteiger partial charge in [0.1, 0.15) is 5.75 Å². The summed E-state index contributed by atoms with van der Waals surface area (Å²) in [6.07, 6.45) is 11.3. The molecule has 2 nitrogen and oxygen atoms in total. The Morgan fingerprint density at radius 3 is 2.53 bits per heavy atom. The van der Waals surface area contributed by atoms with Crippen molar-refractivity contribution in [2.24, 2.45) is 5.41 Å². The summed E-state index contributed by atoms with van der Waals surface area (Å²) in [6.45, 7) is 16.1. The van der Waals surface area contributed by atoms with Crippen LogP contribution in [0.1, 0.15) is 79.2 Å². The standard InChI is InChI=1S/C27H43NOSi/c1-7-28(20-13-9-12-19-26(2,3)4)22-23-15-14-16-24(21-23)29-27(5,6)30-25-17-10-8-11-18-25/h9,13-16,21,25H,7-8,10-11,17-18,20,22,30H2,1-6H3. The molecule has 0 heterocycles. The van der Waals surface area contributed by atoms with Crippen molar-refractivity contribution in [2.75, 3.05) is 13.1 Å². The maximum Gasteiger partial charge on any atom is 0.119 e. The predicted octanol–water partition coefficient (Wildman–Crippen LogP) is 6.15. The summed E-state index contributed by atoms with van der Waals surface area (Å²) in [4.78, 5) is 2.43. The van der Waals surface area contributed by atoms with Crippen molar-refractivity contribution in [2.45, 2.75) is 91.0 Å². The Kier molecular flexibility index (Phi) is 9.72. The van der Waals surface area contributed by atoms with E-state index < -0.39 is 0 Å². The van der Waals surface area contributed by atoms with Crippen molar-refractivity contribution in [3.05, 3.63) is 42.0 Å². The Morgan fingerprint density at radius 1 is 1.13 bits per heavy atom. The molecule has 0 radical (unpaired) electrons. The van der Waals surface area contributed by atoms with E-state index in [2.05, 4.69) is 88.6 Å². The third-order valence-electron chi connectivity index (χ3n) is 5.66. The third kappa shape index (κ3) is 10.0. The zero-order chi connectivity index (χ0) is 22.0. The number of nitrogens with zero attached hydrogens (tertiary/aromatic N) is 1. The van der Waals surface area contributed by atoms with E-state index in [4.69, 9.17) is 4.74 Å². The van der Waals surface area contributed by atoms with Crippen LogP contribution in [0.4, 0.5) is 0 Å². The molecule has 0 spiro atoms. The fraction of sp³-hybridized carbons (Fsp3) is 0.630. The Morgan fingerprint density at radius 2 is 1.87 bits per heavy atom. The van der Waals surface area contributed by atoms with E-state index in [0.29, 0.717) is 0 Å². The minimum Gasteiger partial charge on any atom is -0.492 e. The number of hydrogen-bond donors (Lipinski definition) is 0. The predicted molar refractivity (Wildman–Crippen MR) is 134 cm³/mol. The highest BCUT2D eigenvalue weighted by atomic mass is 28.2. The summed E-state index contributed by atoms with van der Waals surface area (Å²) >= 11 is 0. The second kappa shape index (κ2) is 11.8. The van der Waals surface area contributed by atoms with Gasteiger partial charge < -0.3 is 4.74 Å². The fourth-order valence-electron chi connectivity index (χ4n) is 4.24. The second-order valence-corrected chi connectivity index (χ2v) is 13.7. The molecule has 1 aliphatic rings. The van der Waals surface area contributed by atoms with E-state index >= 15 is 0 Å². The first-order valence-corrected chi connectivity index (χ1v) is 13.4. The zero-order valence-electron chi connectivity index (χ0n) is 20.3. The van der Waals surface area contributed by atoms with E-state index in [0.717, 1.165) is 30.9 Å². The van der Waals surface area contributed by atoms with Crippen molar-refractivity contribution >= 4 is 9.52 Å². The highest BCUT2D eigenvalue weighted by Crippen LogP contribution is 2.31. The molecule has 0 N–H and O–H groups in total. The molecule has 0 amide bonds. The van der Waals surface area contributed by atoms with E-state index in [1.165, 1.54) is 37.7 Å². The van der Waals surface area contributed by atoms with E-state index in [-0.39, 0.29) is 20.2 Å². The van der Waals surface area contributed by atoms with E-state index in [1.807, 2.05) is 6.08 Å². The Bertz CT molecular complexity index is 729. The topological polar surface area (TPSA) is 12.5 Å². The van der Waals surface area contributed by atoms with Crippen LogP contribution < -0.4 is 4.74 Å². The number of hydrogen-bond acceptors (Lipinski definition) is 2. The molecule has 0 bridgehead atoms. The molecule has 0 aromatic heterocycles. The van der Waals surface area contributed by atoms with Crippen LogP contribution in [-0.4, -0.2) is 32.7 Å². The highest BCUT2D eigenvalue weighted by molar-refractivity contribution is 6.41. The lowest BCUT2D eigenvalue weighted by Gasteiger charge is -2.32. The SMILES string of the molecule is CCN(CC=CC#CC(C)(C)C)Cc1cccc(OC(C)(C)[SiH2]C2CCCCC2)c1. The molecular formula is C27H43NOSi. The molecule has 1 saturated carbocycles. The minimum absolute atomic E-state index is 0.0273. The first kappa shape index (κ1) is 24.8. The van der Waals surface area contributed by atoms with Gasteiger partial charge in [-0.2, -0.15) is 0 Å². The summed E-state index contributed by atoms with van der Waals surface area (Å²) in [5.41, 5.74) is 2.34. The molecule has 0 aliphatic heterocycles. The number of allylic oxidation sites excluding steroid dienone is 1. The van der Waals surface area contributed by atoms with Gasteiger partial charge in [0.2, 0.25) is 0 Å². The van der Waals surface area contributed by atoms with Crippen molar-refractivity contribution in [1.29, 1.82) is 0 Å². The lowest BCUT2D eigenvalue weighted by molar-refractivity contribution is 0.190. The van der Waals surface area contributed by atoms with Gasteiger partial charge in [0, 0.05) is 18.5 Å². The summed E-state index contributed by atoms with van der Waals surface area (Å²) in [6, 6.07) is 8.72. The van der Waals surface area contributed by atoms with Gasteiger partial charge in [-0.25, -0.2) is 0 Å². The highest BCUT2D eigenvalue weighted by Gasteiger charge is 2.27. The van der Waals surface area contributed by atoms with Crippen LogP contribution in [0.5, 0.6) is 5.75 Å². The monoisotopic (exact) mass is 425 g/mol. The molecule has 30 heavy (non-hydrogen) atoms. The molecule has 1 fully saturated rings. The summed E-state index contributed by atoms with van der Waals surface area (Å²) in [5, 5.41) is 0.0273. The van der Waals surface area contributed by atoms with Crippen LogP contribution >= 0.6 is 0 Å². The molecule has 3 heteroatoms. The quantitative estimate of drug-likeness (QED) is 0.347. The Balaban J connectivity index is 1.91. The van der Waals surface area contributed by atoms with Gasteiger partial charge >= 0.3 is 0 Å². The van der Waals surface area contributed by atoms with Crippen LogP contribution in [-0.2, 0) is 6.54 Å². The maximum absolute atomic E-state index is 6.52. The molecule has 166 valence electrons. The normalized spacial score (nSPS) is 16.4. The second-order valence-electron chi connectivity index (χ2n) is 10.5. The number of rotatable bonds is 9. The fourth-order valence-corrected chi connectivity index (χ4v) is 6.86. The lowest BCUT2D eigenvalue weighted by Crippen LogP contribution is -2.38. The molecular weight excluding hydrogens is 382 g/mol. The van der Waals surface area contributed by atoms with E-state index in [1.54, 1.807) is 0 Å². The molecule has 0 atom stereocenters. The Hall–Kier alpha value is -1.50. The first-order chi connectivity index (χ1) is 14.2. The first-order valence-electron chi connectivity index (χ1n) is 11.8. The van der Waals surface area contributed by atoms with Crippen molar-refractivity contribution in [3.63, 3.8) is 0 Å². The van der Waals surface area contributed by atoms with Gasteiger partial charge in [0.15, 0.2) is 0 Å². The largest absolute Gasteiger partial charge is 0.492 e. The average Bonchev–Trinajstić information content (AvgIpc) is 2.66. The lowest BCUT2D eigenvalue weighted by atomic mass is 9.98. The van der Waals surface area contributed by atoms with Gasteiger partial charge in [0.25, 0.3) is 0 Å². The number of ether oxygens (including phenoxy) is 1. The average molecular weight is 426 g/mol. The van der Waals surface area contributed by atoms with E-state index in [9.17, 15) is 0 Å². The van der Waals surface area contributed by atoms with Crippen LogP contribution in [0.3, 0.4) is 0 Å². The number of benzene rings is 1. The number of likely N-dealkylation sites (N-methyl/N-ethyl adjacent to an activating group) is 1. The van der Waals surface area contributed by atoms with Gasteiger partial charge in [-0.15, -0.1) is 0 Å². The van der Waals surface area contributed by atoms with Crippen molar-refractivity contribution in [1.82, 2.24) is 4.90 Å². The van der Waals surface area contributed by atoms with Crippen LogP contribution in [0.2, 0.25) is 5.54 Å². The van der Waals surface area contributed by atoms with Crippen LogP contribution in [0, 0.1) is 17.3 Å². The van der Waals surface area contributed by atoms with Crippen LogP contribution in [0.25, 0.3) is 0 Å². The van der Waals surface area contributed by atoms with Crippen molar-refractivity contribution < 1.29 is 4.74 Å². The minimum atomic E-state index is -0.270. The summed E-state index contributed by atoms with van der Waals surface area (Å²) < 4.78 is 6.52. The Labute approximate surface area is 188 Å². The molecule has 0 unspecified atom stereocenters. The molecule has 2 rings (SSSR count). The van der Waals surface area contributed by atoms with Gasteiger partial charge in [-0.1, -0.05) is 69.1 Å². The molecule has 1 aliphatic carbocycles. The van der Waals surface area contributed by atoms with Crippen molar-refractivity contribution in [3.8, 4) is 17.6 Å². The third-order valence-corrected chi connectivity index (χ3v) is 8.18. The molecule has 1 aromatic carbocycles. The van der Waals surface area contributed by atoms with Gasteiger partial charge in [0.05, 0.1) is 14.7 Å². The maximum atomic E-state index is 6.52. The zero-order valence-corrected chi connectivity index (χ0v) is 21.7. The van der Waals surface area contributed by atoms with Gasteiger partial charge in [-0.3, -0.25) is 4.90 Å².